The van der Waals surface area contributed by atoms with Gasteiger partial charge in [0, 0.05) is 29.0 Å². The number of hydrogen-bond donors (Lipinski definition) is 3. The molecule has 5 aromatic rings. The fraction of sp³-hybridized carbons (Fsp3) is 0.178. The summed E-state index contributed by atoms with van der Waals surface area (Å²) in [4.78, 5) is 72.0. The molecular formula is C45H33NO8. The first-order valence-electron chi connectivity index (χ1n) is 17.9. The molecule has 9 rings (SSSR count). The maximum atomic E-state index is 15.3. The second-order valence-electron chi connectivity index (χ2n) is 14.5. The Labute approximate surface area is 309 Å². The Hall–Kier alpha value is -6.61. The fourth-order valence-electron chi connectivity index (χ4n) is 9.87. The van der Waals surface area contributed by atoms with Crippen LogP contribution in [0.25, 0.3) is 16.3 Å². The largest absolute Gasteiger partial charge is 0.508 e. The van der Waals surface area contributed by atoms with Gasteiger partial charge in [0.25, 0.3) is 0 Å². The van der Waals surface area contributed by atoms with Gasteiger partial charge in [-0.25, -0.2) is 9.69 Å². The first-order valence-corrected chi connectivity index (χ1v) is 17.9. The van der Waals surface area contributed by atoms with E-state index in [1.54, 1.807) is 36.4 Å². The molecule has 54 heavy (non-hydrogen) atoms. The number of aromatic hydroxyl groups is 2. The van der Waals surface area contributed by atoms with Crippen molar-refractivity contribution in [1.29, 1.82) is 0 Å². The molecule has 4 aliphatic rings. The fourth-order valence-corrected chi connectivity index (χ4v) is 9.87. The minimum atomic E-state index is -1.52. The number of phenolic OH excluding ortho intramolecular Hbond substituents is 1. The van der Waals surface area contributed by atoms with Gasteiger partial charge in [-0.2, -0.15) is 0 Å². The average Bonchev–Trinajstić information content (AvgIpc) is 3.44. The maximum absolute atomic E-state index is 15.3. The van der Waals surface area contributed by atoms with Crippen molar-refractivity contribution in [2.45, 2.75) is 24.2 Å². The zero-order valence-electron chi connectivity index (χ0n) is 28.8. The lowest BCUT2D eigenvalue weighted by Gasteiger charge is -2.55. The van der Waals surface area contributed by atoms with Gasteiger partial charge in [0.05, 0.1) is 22.9 Å². The molecule has 0 radical (unpaired) electrons. The van der Waals surface area contributed by atoms with E-state index in [1.807, 2.05) is 66.7 Å². The lowest BCUT2D eigenvalue weighted by molar-refractivity contribution is -0.135. The van der Waals surface area contributed by atoms with Gasteiger partial charge < -0.3 is 15.3 Å². The van der Waals surface area contributed by atoms with E-state index in [-0.39, 0.29) is 47.0 Å². The number of benzene rings is 5. The minimum absolute atomic E-state index is 0.0411. The number of amides is 2. The van der Waals surface area contributed by atoms with E-state index >= 15 is 9.59 Å². The van der Waals surface area contributed by atoms with Crippen LogP contribution in [0.3, 0.4) is 0 Å². The minimum Gasteiger partial charge on any atom is -0.508 e. The summed E-state index contributed by atoms with van der Waals surface area (Å²) >= 11 is 0. The van der Waals surface area contributed by atoms with E-state index in [0.29, 0.717) is 27.6 Å². The van der Waals surface area contributed by atoms with Gasteiger partial charge in [-0.15, -0.1) is 0 Å². The second kappa shape index (κ2) is 12.2. The van der Waals surface area contributed by atoms with Gasteiger partial charge in [-0.1, -0.05) is 103 Å². The summed E-state index contributed by atoms with van der Waals surface area (Å²) in [5.41, 5.74) is 0.792. The first kappa shape index (κ1) is 33.2. The van der Waals surface area contributed by atoms with Crippen LogP contribution in [0.1, 0.15) is 45.8 Å². The molecule has 2 amide bonds. The van der Waals surface area contributed by atoms with E-state index in [4.69, 9.17) is 0 Å². The van der Waals surface area contributed by atoms with E-state index in [2.05, 4.69) is 0 Å². The molecule has 0 bridgehead atoms. The predicted octanol–water partition coefficient (Wildman–Crippen LogP) is 6.98. The number of nitrogens with zero attached hydrogens (tertiary/aromatic N) is 1. The topological polar surface area (TPSA) is 149 Å². The molecule has 9 nitrogen and oxygen atoms in total. The van der Waals surface area contributed by atoms with E-state index in [9.17, 15) is 29.7 Å². The lowest BCUT2D eigenvalue weighted by Crippen LogP contribution is -2.58. The lowest BCUT2D eigenvalue weighted by atomic mass is 9.44. The van der Waals surface area contributed by atoms with Crippen molar-refractivity contribution in [2.75, 3.05) is 4.90 Å². The molecule has 1 aliphatic heterocycles. The number of carboxylic acids is 1. The molecule has 1 heterocycles. The predicted molar refractivity (Wildman–Crippen MR) is 200 cm³/mol. The molecule has 0 aromatic heterocycles. The van der Waals surface area contributed by atoms with Crippen LogP contribution >= 0.6 is 0 Å². The van der Waals surface area contributed by atoms with Gasteiger partial charge >= 0.3 is 5.97 Å². The highest BCUT2D eigenvalue weighted by Crippen LogP contribution is 2.65. The summed E-state index contributed by atoms with van der Waals surface area (Å²) in [6.45, 7) is 0. The summed E-state index contributed by atoms with van der Waals surface area (Å²) in [6, 6.07) is 32.7. The van der Waals surface area contributed by atoms with Crippen molar-refractivity contribution in [3.05, 3.63) is 155 Å². The molecule has 0 spiro atoms. The number of Topliss-reactive ketones (excluding diaryl/α,β-unsaturated/α-hetero) is 1. The summed E-state index contributed by atoms with van der Waals surface area (Å²) in [5.74, 6) is -7.91. The Morgan fingerprint density at radius 3 is 2.17 bits per heavy atom. The maximum Gasteiger partial charge on any atom is 0.339 e. The third-order valence-electron chi connectivity index (χ3n) is 12.1. The van der Waals surface area contributed by atoms with E-state index in [0.717, 1.165) is 22.4 Å². The summed E-state index contributed by atoms with van der Waals surface area (Å²) in [6.07, 6.45) is 3.60. The number of carbonyl (C=O) groups is 5. The van der Waals surface area contributed by atoms with Crippen molar-refractivity contribution in [2.24, 2.45) is 23.7 Å². The zero-order valence-corrected chi connectivity index (χ0v) is 28.8. The Balaban J connectivity index is 1.29. The monoisotopic (exact) mass is 715 g/mol. The molecule has 9 heteroatoms. The highest BCUT2D eigenvalue weighted by Gasteiger charge is 2.66. The number of ketones is 2. The van der Waals surface area contributed by atoms with Crippen molar-refractivity contribution in [3.8, 4) is 11.5 Å². The van der Waals surface area contributed by atoms with Crippen LogP contribution in [0.15, 0.2) is 133 Å². The van der Waals surface area contributed by atoms with Crippen LogP contribution in [-0.4, -0.2) is 44.7 Å². The van der Waals surface area contributed by atoms with Crippen molar-refractivity contribution < 1.29 is 39.3 Å². The number of fused-ring (bicyclic) bond motifs is 5. The van der Waals surface area contributed by atoms with Gasteiger partial charge in [-0.05, 0) is 64.9 Å². The highest BCUT2D eigenvalue weighted by molar-refractivity contribution is 6.32. The number of anilines is 1. The Kier molecular flexibility index (Phi) is 7.53. The van der Waals surface area contributed by atoms with Crippen LogP contribution in [0.5, 0.6) is 11.5 Å². The molecule has 1 saturated carbocycles. The van der Waals surface area contributed by atoms with E-state index in [1.165, 1.54) is 12.1 Å². The van der Waals surface area contributed by atoms with Crippen molar-refractivity contribution >= 4 is 51.4 Å². The summed E-state index contributed by atoms with van der Waals surface area (Å²) < 4.78 is 0. The second-order valence-corrected chi connectivity index (χ2v) is 14.5. The average molecular weight is 716 g/mol. The van der Waals surface area contributed by atoms with Gasteiger partial charge in [0.2, 0.25) is 11.8 Å². The standard InChI is InChI=1S/C45H33NO8/c47-35-20-15-25-11-7-8-14-28(25)39(35)40-29-18-19-31-38(43(52)46(42(31)51)27-16-17-30(44(53)54)36(48)21-27)33(29)22-34-41(50)32(24-9-3-1-4-10-24)23-37(49)45(34,40)26-12-5-2-6-13-26/h1-18,20-21,23,31,33-34,38,40,47-48H,19,22H2,(H,53,54). The molecule has 3 N–H and O–H groups in total. The Bertz CT molecular complexity index is 2520. The SMILES string of the molecule is O=C(O)c1ccc(N2C(=O)C3CC=C4C(CC5C(=O)C(c6ccccc6)=CC(=O)C5(c5ccccc5)C4c4c(O)ccc5ccccc45)C3C2=O)cc1O. The number of aromatic carboxylic acids is 1. The van der Waals surface area contributed by atoms with E-state index < -0.39 is 58.5 Å². The van der Waals surface area contributed by atoms with Crippen LogP contribution in [0, 0.1) is 23.7 Å². The molecular weight excluding hydrogens is 682 g/mol. The van der Waals surface area contributed by atoms with Crippen LogP contribution in [-0.2, 0) is 24.6 Å². The molecule has 3 aliphatic carbocycles. The molecule has 1 saturated heterocycles. The zero-order chi connectivity index (χ0) is 37.5. The van der Waals surface area contributed by atoms with Crippen molar-refractivity contribution in [3.63, 3.8) is 0 Å². The Morgan fingerprint density at radius 2 is 1.44 bits per heavy atom. The van der Waals surface area contributed by atoms with Crippen LogP contribution < -0.4 is 4.90 Å². The Morgan fingerprint density at radius 1 is 0.741 bits per heavy atom. The number of rotatable bonds is 5. The number of carboxylic acid groups (broad SMARTS) is 1. The summed E-state index contributed by atoms with van der Waals surface area (Å²) in [7, 11) is 0. The molecule has 6 unspecified atom stereocenters. The first-order chi connectivity index (χ1) is 26.1. The number of carbonyl (C=O) groups excluding carboxylic acids is 4. The number of imide groups is 1. The van der Waals surface area contributed by atoms with Gasteiger partial charge in [0.1, 0.15) is 17.1 Å². The number of allylic oxidation sites excluding steroid dienone is 4. The quantitative estimate of drug-likeness (QED) is 0.130. The molecule has 6 atom stereocenters. The molecule has 5 aromatic carbocycles. The van der Waals surface area contributed by atoms with Crippen LogP contribution in [0.2, 0.25) is 0 Å². The van der Waals surface area contributed by atoms with Crippen molar-refractivity contribution in [1.82, 2.24) is 0 Å². The smallest absolute Gasteiger partial charge is 0.339 e. The van der Waals surface area contributed by atoms with Gasteiger partial charge in [0.15, 0.2) is 11.6 Å². The van der Waals surface area contributed by atoms with Gasteiger partial charge in [-0.3, -0.25) is 19.2 Å². The van der Waals surface area contributed by atoms with Crippen LogP contribution in [0.4, 0.5) is 5.69 Å². The summed E-state index contributed by atoms with van der Waals surface area (Å²) in [5, 5.41) is 33.4. The normalized spacial score (nSPS) is 26.1. The number of hydrogen-bond acceptors (Lipinski definition) is 7. The highest BCUT2D eigenvalue weighted by atomic mass is 16.4. The molecule has 2 fully saturated rings. The molecule has 266 valence electrons. The third kappa shape index (κ3) is 4.60. The number of phenols is 2. The third-order valence-corrected chi connectivity index (χ3v) is 12.1.